The molecule has 0 fully saturated rings. The largest absolute Gasteiger partial charge is 0.496 e. The molecule has 27 heavy (non-hydrogen) atoms. The molecule has 0 saturated carbocycles. The van der Waals surface area contributed by atoms with Crippen molar-refractivity contribution in [3.8, 4) is 11.8 Å². The summed E-state index contributed by atoms with van der Waals surface area (Å²) in [4.78, 5) is 13.4. The van der Waals surface area contributed by atoms with E-state index in [0.29, 0.717) is 16.3 Å². The number of carbonyl (C=O) groups is 1. The summed E-state index contributed by atoms with van der Waals surface area (Å²) in [5, 5.41) is 16.0. The number of amides is 1. The molecule has 1 amide bonds. The van der Waals surface area contributed by atoms with E-state index < -0.39 is 0 Å². The highest BCUT2D eigenvalue weighted by Crippen LogP contribution is 2.37. The minimum atomic E-state index is -0.349. The fourth-order valence-corrected chi connectivity index (χ4v) is 4.54. The number of para-hydroxylation sites is 1. The zero-order valence-corrected chi connectivity index (χ0v) is 16.5. The zero-order chi connectivity index (χ0) is 19.2. The summed E-state index contributed by atoms with van der Waals surface area (Å²) in [7, 11) is 1.58. The Bertz CT molecular complexity index is 941. The number of ether oxygens (including phenoxy) is 1. The molecule has 2 aromatic rings. The van der Waals surface area contributed by atoms with E-state index in [-0.39, 0.29) is 11.0 Å². The zero-order valence-electron chi connectivity index (χ0n) is 14.9. The van der Waals surface area contributed by atoms with Gasteiger partial charge in [-0.05, 0) is 55.6 Å². The molecule has 0 unspecified atom stereocenters. The third-order valence-corrected chi connectivity index (χ3v) is 5.71. The van der Waals surface area contributed by atoms with Gasteiger partial charge in [-0.1, -0.05) is 18.2 Å². The maximum absolute atomic E-state index is 12.1. The third kappa shape index (κ3) is 4.54. The van der Waals surface area contributed by atoms with Crippen LogP contribution in [-0.4, -0.2) is 18.1 Å². The van der Waals surface area contributed by atoms with Gasteiger partial charge in [-0.25, -0.2) is 0 Å². The van der Waals surface area contributed by atoms with Crippen LogP contribution in [0.2, 0.25) is 0 Å². The average Bonchev–Trinajstić information content (AvgIpc) is 3.03. The molecule has 1 heterocycles. The molecular weight excluding hydrogens is 378 g/mol. The Balaban J connectivity index is 1.64. The van der Waals surface area contributed by atoms with E-state index in [9.17, 15) is 10.1 Å². The van der Waals surface area contributed by atoms with Gasteiger partial charge in [0.2, 0.25) is 5.91 Å². The second kappa shape index (κ2) is 8.80. The van der Waals surface area contributed by atoms with E-state index in [1.165, 1.54) is 11.0 Å². The van der Waals surface area contributed by atoms with Gasteiger partial charge in [-0.3, -0.25) is 10.1 Å². The number of nitriles is 1. The van der Waals surface area contributed by atoms with E-state index in [2.05, 4.69) is 16.7 Å². The summed E-state index contributed by atoms with van der Waals surface area (Å²) in [6, 6.07) is 9.68. The first-order valence-electron chi connectivity index (χ1n) is 8.60. The number of nitrogens with zero attached hydrogens (tertiary/aromatic N) is 1. The number of carbonyl (C=O) groups excluding carboxylic acids is 1. The molecule has 0 bridgehead atoms. The van der Waals surface area contributed by atoms with Crippen LogP contribution in [-0.2, 0) is 17.6 Å². The molecule has 2 N–H and O–H groups in total. The lowest BCUT2D eigenvalue weighted by molar-refractivity contribution is -0.115. The first-order chi connectivity index (χ1) is 13.1. The molecule has 0 radical (unpaired) electrons. The van der Waals surface area contributed by atoms with Crippen molar-refractivity contribution in [3.05, 3.63) is 51.9 Å². The third-order valence-electron chi connectivity index (χ3n) is 4.30. The minimum absolute atomic E-state index is 0.180. The fourth-order valence-electron chi connectivity index (χ4n) is 3.03. The van der Waals surface area contributed by atoms with Crippen LogP contribution in [0, 0.1) is 11.3 Å². The van der Waals surface area contributed by atoms with Crippen LogP contribution < -0.4 is 15.4 Å². The van der Waals surface area contributed by atoms with Crippen molar-refractivity contribution in [1.29, 1.82) is 5.26 Å². The highest BCUT2D eigenvalue weighted by molar-refractivity contribution is 7.80. The number of thiocarbonyl (C=S) groups is 1. The van der Waals surface area contributed by atoms with Gasteiger partial charge in [-0.2, -0.15) is 5.26 Å². The predicted octanol–water partition coefficient (Wildman–Crippen LogP) is 4.03. The summed E-state index contributed by atoms with van der Waals surface area (Å²) in [5.41, 5.74) is 2.57. The molecular formula is C20H19N3O2S2. The lowest BCUT2D eigenvalue weighted by Crippen LogP contribution is -2.32. The number of nitrogens with one attached hydrogen (secondary N) is 2. The van der Waals surface area contributed by atoms with Crippen LogP contribution >= 0.6 is 23.6 Å². The van der Waals surface area contributed by atoms with Crippen molar-refractivity contribution in [1.82, 2.24) is 5.32 Å². The van der Waals surface area contributed by atoms with Crippen LogP contribution in [0.25, 0.3) is 6.08 Å². The number of methoxy groups -OCH3 is 1. The Morgan fingerprint density at radius 2 is 2.11 bits per heavy atom. The van der Waals surface area contributed by atoms with Crippen molar-refractivity contribution < 1.29 is 9.53 Å². The van der Waals surface area contributed by atoms with Gasteiger partial charge in [0.15, 0.2) is 5.11 Å². The van der Waals surface area contributed by atoms with Gasteiger partial charge < -0.3 is 10.1 Å². The number of hydrogen-bond acceptors (Lipinski definition) is 5. The number of anilines is 1. The van der Waals surface area contributed by atoms with Crippen molar-refractivity contribution in [2.24, 2.45) is 0 Å². The molecule has 0 atom stereocenters. The van der Waals surface area contributed by atoms with E-state index in [4.69, 9.17) is 17.0 Å². The lowest BCUT2D eigenvalue weighted by Gasteiger charge is -2.09. The van der Waals surface area contributed by atoms with E-state index in [1.807, 2.05) is 24.3 Å². The molecule has 0 spiro atoms. The Morgan fingerprint density at radius 1 is 1.33 bits per heavy atom. The SMILES string of the molecule is COc1ccccc1C=CC(=O)NC(=S)Nc1sc2c(c1C#N)CCCC2. The smallest absolute Gasteiger partial charge is 0.250 e. The van der Waals surface area contributed by atoms with Crippen LogP contribution in [0.3, 0.4) is 0 Å². The van der Waals surface area contributed by atoms with Crippen LogP contribution in [0.4, 0.5) is 5.00 Å². The number of fused-ring (bicyclic) bond motifs is 1. The summed E-state index contributed by atoms with van der Waals surface area (Å²) in [6.07, 6.45) is 7.24. The molecule has 0 saturated heterocycles. The second-order valence-electron chi connectivity index (χ2n) is 6.05. The Kier molecular flexibility index (Phi) is 6.22. The molecule has 1 aliphatic carbocycles. The molecule has 1 aromatic carbocycles. The van der Waals surface area contributed by atoms with Crippen LogP contribution in [0.15, 0.2) is 30.3 Å². The highest BCUT2D eigenvalue weighted by Gasteiger charge is 2.21. The standard InChI is InChI=1S/C20H19N3O2S2/c1-25-16-8-4-2-6-13(16)10-11-18(24)22-20(26)23-19-15(12-21)14-7-3-5-9-17(14)27-19/h2,4,6,8,10-11H,3,5,7,9H2,1H3,(H2,22,23,24,26). The predicted molar refractivity (Wildman–Crippen MR) is 112 cm³/mol. The number of aryl methyl sites for hydroxylation is 1. The Morgan fingerprint density at radius 3 is 2.89 bits per heavy atom. The number of benzene rings is 1. The van der Waals surface area contributed by atoms with Crippen molar-refractivity contribution in [3.63, 3.8) is 0 Å². The Labute approximate surface area is 167 Å². The number of hydrogen-bond donors (Lipinski definition) is 2. The summed E-state index contributed by atoms with van der Waals surface area (Å²) in [6.45, 7) is 0. The topological polar surface area (TPSA) is 74.2 Å². The first-order valence-corrected chi connectivity index (χ1v) is 9.82. The Hall–Kier alpha value is -2.69. The monoisotopic (exact) mass is 397 g/mol. The normalized spacial score (nSPS) is 12.9. The van der Waals surface area contributed by atoms with Crippen LogP contribution in [0.5, 0.6) is 5.75 Å². The molecule has 1 aromatic heterocycles. The van der Waals surface area contributed by atoms with Crippen LogP contribution in [0.1, 0.15) is 34.4 Å². The highest BCUT2D eigenvalue weighted by atomic mass is 32.1. The fraction of sp³-hybridized carbons (Fsp3) is 0.250. The van der Waals surface area contributed by atoms with Gasteiger partial charge in [0.05, 0.1) is 12.7 Å². The quantitative estimate of drug-likeness (QED) is 0.602. The summed E-state index contributed by atoms with van der Waals surface area (Å²) >= 11 is 6.79. The molecule has 0 aliphatic heterocycles. The average molecular weight is 398 g/mol. The molecule has 5 nitrogen and oxygen atoms in total. The van der Waals surface area contributed by atoms with Gasteiger partial charge >= 0.3 is 0 Å². The maximum atomic E-state index is 12.1. The summed E-state index contributed by atoms with van der Waals surface area (Å²) in [5.74, 6) is 0.336. The first kappa shape index (κ1) is 19.1. The minimum Gasteiger partial charge on any atom is -0.496 e. The lowest BCUT2D eigenvalue weighted by atomic mass is 9.96. The van der Waals surface area contributed by atoms with E-state index in [0.717, 1.165) is 36.8 Å². The van der Waals surface area contributed by atoms with E-state index in [1.54, 1.807) is 24.5 Å². The number of rotatable bonds is 4. The molecule has 1 aliphatic rings. The molecule has 3 rings (SSSR count). The molecule has 138 valence electrons. The number of thiophene rings is 1. The second-order valence-corrected chi connectivity index (χ2v) is 7.56. The van der Waals surface area contributed by atoms with Gasteiger partial charge in [-0.15, -0.1) is 11.3 Å². The van der Waals surface area contributed by atoms with Gasteiger partial charge in [0, 0.05) is 16.5 Å². The van der Waals surface area contributed by atoms with Gasteiger partial charge in [0.25, 0.3) is 0 Å². The maximum Gasteiger partial charge on any atom is 0.250 e. The van der Waals surface area contributed by atoms with Crippen molar-refractivity contribution in [2.75, 3.05) is 12.4 Å². The summed E-state index contributed by atoms with van der Waals surface area (Å²) < 4.78 is 5.25. The van der Waals surface area contributed by atoms with Crippen molar-refractivity contribution in [2.45, 2.75) is 25.7 Å². The molecule has 7 heteroatoms. The van der Waals surface area contributed by atoms with E-state index >= 15 is 0 Å². The van der Waals surface area contributed by atoms with Gasteiger partial charge in [0.1, 0.15) is 16.8 Å². The van der Waals surface area contributed by atoms with Crippen molar-refractivity contribution >= 4 is 45.7 Å².